The lowest BCUT2D eigenvalue weighted by molar-refractivity contribution is -0.128. The Hall–Kier alpha value is -1.55. The van der Waals surface area contributed by atoms with E-state index in [1.165, 1.54) is 0 Å². The first-order chi connectivity index (χ1) is 7.97. The summed E-state index contributed by atoms with van der Waals surface area (Å²) < 4.78 is 0. The lowest BCUT2D eigenvalue weighted by atomic mass is 9.92. The van der Waals surface area contributed by atoms with Crippen molar-refractivity contribution < 1.29 is 4.79 Å². The van der Waals surface area contributed by atoms with Gasteiger partial charge < -0.3 is 16.4 Å². The summed E-state index contributed by atoms with van der Waals surface area (Å²) in [5.74, 6) is 0.0334. The Morgan fingerprint density at radius 3 is 2.59 bits per heavy atom. The Labute approximate surface area is 103 Å². The molecular formula is C13H21N3O. The Balaban J connectivity index is 2.48. The van der Waals surface area contributed by atoms with Crippen LogP contribution >= 0.6 is 0 Å². The van der Waals surface area contributed by atoms with Gasteiger partial charge in [-0.05, 0) is 25.5 Å². The minimum absolute atomic E-state index is 0.0334. The van der Waals surface area contributed by atoms with Gasteiger partial charge in [0, 0.05) is 25.8 Å². The number of rotatable bonds is 5. The molecule has 0 aliphatic carbocycles. The van der Waals surface area contributed by atoms with Gasteiger partial charge >= 0.3 is 0 Å². The molecule has 0 unspecified atom stereocenters. The van der Waals surface area contributed by atoms with Gasteiger partial charge in [-0.25, -0.2) is 0 Å². The van der Waals surface area contributed by atoms with E-state index in [2.05, 4.69) is 10.6 Å². The van der Waals surface area contributed by atoms with Crippen LogP contribution in [0.5, 0.6) is 0 Å². The first-order valence-corrected chi connectivity index (χ1v) is 5.73. The predicted molar refractivity (Wildman–Crippen MR) is 70.4 cm³/mol. The van der Waals surface area contributed by atoms with Crippen LogP contribution < -0.4 is 16.4 Å². The fourth-order valence-corrected chi connectivity index (χ4v) is 1.62. The number of amides is 1. The van der Waals surface area contributed by atoms with E-state index in [0.717, 1.165) is 11.3 Å². The fraction of sp³-hybridized carbons (Fsp3) is 0.462. The van der Waals surface area contributed by atoms with Gasteiger partial charge in [0.1, 0.15) is 0 Å². The number of hydrogen-bond donors (Lipinski definition) is 3. The largest absolute Gasteiger partial charge is 0.398 e. The molecule has 0 atom stereocenters. The highest BCUT2D eigenvalue weighted by Gasteiger charge is 2.25. The fourth-order valence-electron chi connectivity index (χ4n) is 1.62. The quantitative estimate of drug-likeness (QED) is 0.670. The first kappa shape index (κ1) is 13.5. The van der Waals surface area contributed by atoms with Crippen LogP contribution in [0, 0.1) is 5.41 Å². The molecular weight excluding hydrogens is 214 g/mol. The van der Waals surface area contributed by atoms with Crippen LogP contribution in [-0.4, -0.2) is 19.5 Å². The van der Waals surface area contributed by atoms with Gasteiger partial charge in [-0.3, -0.25) is 4.79 Å². The van der Waals surface area contributed by atoms with E-state index >= 15 is 0 Å². The Bertz CT molecular complexity index is 388. The number of carbonyl (C=O) groups excluding carboxylic acids is 1. The van der Waals surface area contributed by atoms with E-state index in [1.807, 2.05) is 38.1 Å². The van der Waals surface area contributed by atoms with E-state index < -0.39 is 5.41 Å². The van der Waals surface area contributed by atoms with E-state index in [-0.39, 0.29) is 5.91 Å². The van der Waals surface area contributed by atoms with Crippen LogP contribution in [0.25, 0.3) is 0 Å². The highest BCUT2D eigenvalue weighted by molar-refractivity contribution is 5.81. The summed E-state index contributed by atoms with van der Waals surface area (Å²) in [6, 6.07) is 7.72. The molecule has 1 aromatic rings. The molecule has 0 spiro atoms. The van der Waals surface area contributed by atoms with Crippen LogP contribution in [0.4, 0.5) is 5.69 Å². The summed E-state index contributed by atoms with van der Waals surface area (Å²) in [7, 11) is 1.65. The highest BCUT2D eigenvalue weighted by Crippen LogP contribution is 2.14. The predicted octanol–water partition coefficient (Wildman–Crippen LogP) is 1.13. The minimum atomic E-state index is -0.418. The minimum Gasteiger partial charge on any atom is -0.398 e. The van der Waals surface area contributed by atoms with Gasteiger partial charge in [0.15, 0.2) is 0 Å². The zero-order valence-corrected chi connectivity index (χ0v) is 10.7. The van der Waals surface area contributed by atoms with Crippen molar-refractivity contribution in [3.05, 3.63) is 29.8 Å². The molecule has 1 rings (SSSR count). The number of carbonyl (C=O) groups is 1. The molecule has 1 aromatic carbocycles. The number of nitrogens with two attached hydrogens (primary N) is 1. The molecule has 0 bridgehead atoms. The van der Waals surface area contributed by atoms with Crippen LogP contribution in [-0.2, 0) is 11.3 Å². The molecule has 0 aliphatic heterocycles. The maximum absolute atomic E-state index is 11.6. The molecule has 0 aliphatic rings. The van der Waals surface area contributed by atoms with E-state index in [4.69, 9.17) is 5.73 Å². The SMILES string of the molecule is CNC(=O)C(C)(C)CNCc1ccccc1N. The van der Waals surface area contributed by atoms with Crippen molar-refractivity contribution in [2.75, 3.05) is 19.3 Å². The summed E-state index contributed by atoms with van der Waals surface area (Å²) >= 11 is 0. The highest BCUT2D eigenvalue weighted by atomic mass is 16.2. The van der Waals surface area contributed by atoms with Gasteiger partial charge in [0.2, 0.25) is 5.91 Å². The number of benzene rings is 1. The number of nitrogen functional groups attached to an aromatic ring is 1. The zero-order valence-electron chi connectivity index (χ0n) is 10.7. The molecule has 0 saturated heterocycles. The average molecular weight is 235 g/mol. The maximum atomic E-state index is 11.6. The maximum Gasteiger partial charge on any atom is 0.226 e. The van der Waals surface area contributed by atoms with Crippen molar-refractivity contribution in [3.8, 4) is 0 Å². The average Bonchev–Trinajstić information content (AvgIpc) is 2.30. The third-order valence-corrected chi connectivity index (χ3v) is 2.78. The van der Waals surface area contributed by atoms with Gasteiger partial charge in [-0.2, -0.15) is 0 Å². The molecule has 1 amide bonds. The normalized spacial score (nSPS) is 11.2. The van der Waals surface area contributed by atoms with Crippen molar-refractivity contribution in [3.63, 3.8) is 0 Å². The summed E-state index contributed by atoms with van der Waals surface area (Å²) in [6.07, 6.45) is 0. The molecule has 94 valence electrons. The topological polar surface area (TPSA) is 67.2 Å². The van der Waals surface area contributed by atoms with E-state index in [9.17, 15) is 4.79 Å². The van der Waals surface area contributed by atoms with Crippen LogP contribution in [0.1, 0.15) is 19.4 Å². The van der Waals surface area contributed by atoms with Gasteiger partial charge in [-0.15, -0.1) is 0 Å². The van der Waals surface area contributed by atoms with Gasteiger partial charge in [0.25, 0.3) is 0 Å². The first-order valence-electron chi connectivity index (χ1n) is 5.73. The second-order valence-electron chi connectivity index (χ2n) is 4.77. The molecule has 0 heterocycles. The number of para-hydroxylation sites is 1. The van der Waals surface area contributed by atoms with Crippen LogP contribution in [0.15, 0.2) is 24.3 Å². The van der Waals surface area contributed by atoms with Crippen molar-refractivity contribution in [2.45, 2.75) is 20.4 Å². The molecule has 0 fully saturated rings. The molecule has 17 heavy (non-hydrogen) atoms. The monoisotopic (exact) mass is 235 g/mol. The number of nitrogens with one attached hydrogen (secondary N) is 2. The lowest BCUT2D eigenvalue weighted by Gasteiger charge is -2.23. The van der Waals surface area contributed by atoms with Crippen molar-refractivity contribution in [1.82, 2.24) is 10.6 Å². The third kappa shape index (κ3) is 3.75. The van der Waals surface area contributed by atoms with Crippen molar-refractivity contribution in [2.24, 2.45) is 5.41 Å². The van der Waals surface area contributed by atoms with E-state index in [1.54, 1.807) is 7.05 Å². The Kier molecular flexibility index (Phi) is 4.52. The van der Waals surface area contributed by atoms with Crippen molar-refractivity contribution in [1.29, 1.82) is 0 Å². The smallest absolute Gasteiger partial charge is 0.226 e. The van der Waals surface area contributed by atoms with E-state index in [0.29, 0.717) is 13.1 Å². The second-order valence-corrected chi connectivity index (χ2v) is 4.77. The molecule has 0 saturated carbocycles. The standard InChI is InChI=1S/C13H21N3O/c1-13(2,12(17)15-3)9-16-8-10-6-4-5-7-11(10)14/h4-7,16H,8-9,14H2,1-3H3,(H,15,17). The number of anilines is 1. The molecule has 0 radical (unpaired) electrons. The second kappa shape index (κ2) is 5.68. The summed E-state index contributed by atoms with van der Waals surface area (Å²) in [5, 5.41) is 5.92. The molecule has 4 N–H and O–H groups in total. The summed E-state index contributed by atoms with van der Waals surface area (Å²) in [6.45, 7) is 5.11. The number of hydrogen-bond acceptors (Lipinski definition) is 3. The molecule has 4 nitrogen and oxygen atoms in total. The van der Waals surface area contributed by atoms with Crippen LogP contribution in [0.3, 0.4) is 0 Å². The molecule has 4 heteroatoms. The Morgan fingerprint density at radius 2 is 2.00 bits per heavy atom. The lowest BCUT2D eigenvalue weighted by Crippen LogP contribution is -2.41. The van der Waals surface area contributed by atoms with Gasteiger partial charge in [0.05, 0.1) is 5.41 Å². The molecule has 0 aromatic heterocycles. The Morgan fingerprint density at radius 1 is 1.35 bits per heavy atom. The van der Waals surface area contributed by atoms with Crippen LogP contribution in [0.2, 0.25) is 0 Å². The van der Waals surface area contributed by atoms with Gasteiger partial charge in [-0.1, -0.05) is 18.2 Å². The third-order valence-electron chi connectivity index (χ3n) is 2.78. The summed E-state index contributed by atoms with van der Waals surface area (Å²) in [4.78, 5) is 11.6. The van der Waals surface area contributed by atoms with Crippen molar-refractivity contribution >= 4 is 11.6 Å². The zero-order chi connectivity index (χ0) is 12.9. The summed E-state index contributed by atoms with van der Waals surface area (Å²) in [5.41, 5.74) is 7.25.